The molecule has 0 heterocycles. The Morgan fingerprint density at radius 1 is 0.750 bits per heavy atom. The van der Waals surface area contributed by atoms with Gasteiger partial charge in [0.2, 0.25) is 0 Å². The van der Waals surface area contributed by atoms with E-state index in [-0.39, 0.29) is 0 Å². The number of hydrogen-bond acceptors (Lipinski definition) is 2. The molecule has 0 radical (unpaired) electrons. The first-order chi connectivity index (χ1) is 9.88. The van der Waals surface area contributed by atoms with Gasteiger partial charge < -0.3 is 10.6 Å². The number of nitrogens with zero attached hydrogens (tertiary/aromatic N) is 1. The molecule has 0 amide bonds. The van der Waals surface area contributed by atoms with Crippen molar-refractivity contribution in [1.82, 2.24) is 4.90 Å². The van der Waals surface area contributed by atoms with Crippen LogP contribution in [0.15, 0.2) is 0 Å². The summed E-state index contributed by atoms with van der Waals surface area (Å²) in [4.78, 5) is 2.69. The minimum atomic E-state index is 0.848. The predicted octanol–water partition coefficient (Wildman–Crippen LogP) is 4.72. The molecular weight excluding hydrogens is 244 g/mol. The van der Waals surface area contributed by atoms with Gasteiger partial charge in [-0.15, -0.1) is 0 Å². The Labute approximate surface area is 127 Å². The van der Waals surface area contributed by atoms with Gasteiger partial charge in [-0.05, 0) is 45.3 Å². The van der Waals surface area contributed by atoms with Crippen LogP contribution in [0.2, 0.25) is 0 Å². The molecule has 120 valence electrons. The summed E-state index contributed by atoms with van der Waals surface area (Å²) in [5, 5.41) is 0. The van der Waals surface area contributed by atoms with E-state index < -0.39 is 0 Å². The lowest BCUT2D eigenvalue weighted by molar-refractivity contribution is 0.255. The molecule has 1 aliphatic carbocycles. The Morgan fingerprint density at radius 3 is 1.75 bits per heavy atom. The maximum atomic E-state index is 5.62. The molecule has 2 nitrogen and oxygen atoms in total. The third-order valence-electron chi connectivity index (χ3n) is 4.51. The Bertz CT molecular complexity index is 202. The molecule has 0 aromatic heterocycles. The lowest BCUT2D eigenvalue weighted by Gasteiger charge is -2.21. The van der Waals surface area contributed by atoms with E-state index >= 15 is 0 Å². The zero-order chi connectivity index (χ0) is 14.5. The Kier molecular flexibility index (Phi) is 11.4. The average Bonchev–Trinajstić information content (AvgIpc) is 3.28. The number of rotatable bonds is 15. The van der Waals surface area contributed by atoms with Crippen LogP contribution in [0.3, 0.4) is 0 Å². The fourth-order valence-corrected chi connectivity index (χ4v) is 3.01. The van der Waals surface area contributed by atoms with Gasteiger partial charge in [-0.1, -0.05) is 64.7 Å². The molecule has 1 fully saturated rings. The van der Waals surface area contributed by atoms with E-state index in [1.165, 1.54) is 96.6 Å². The summed E-state index contributed by atoms with van der Waals surface area (Å²) in [6, 6.07) is 0.917. The zero-order valence-electron chi connectivity index (χ0n) is 13.9. The van der Waals surface area contributed by atoms with Gasteiger partial charge in [0.05, 0.1) is 0 Å². The highest BCUT2D eigenvalue weighted by molar-refractivity contribution is 4.84. The molecule has 0 aliphatic heterocycles. The van der Waals surface area contributed by atoms with Gasteiger partial charge in [-0.3, -0.25) is 0 Å². The second kappa shape index (κ2) is 12.6. The molecule has 0 atom stereocenters. The molecular formula is C18H38N2. The van der Waals surface area contributed by atoms with Gasteiger partial charge in [0.25, 0.3) is 0 Å². The average molecular weight is 283 g/mol. The highest BCUT2D eigenvalue weighted by Crippen LogP contribution is 2.27. The van der Waals surface area contributed by atoms with Crippen LogP contribution >= 0.6 is 0 Å². The summed E-state index contributed by atoms with van der Waals surface area (Å²) in [6.07, 6.45) is 18.4. The molecule has 0 aromatic carbocycles. The van der Waals surface area contributed by atoms with Crippen LogP contribution in [0.4, 0.5) is 0 Å². The molecule has 2 N–H and O–H groups in total. The molecule has 2 heteroatoms. The van der Waals surface area contributed by atoms with E-state index in [1.54, 1.807) is 0 Å². The smallest absolute Gasteiger partial charge is 0.00964 e. The predicted molar refractivity (Wildman–Crippen MR) is 90.1 cm³/mol. The summed E-state index contributed by atoms with van der Waals surface area (Å²) < 4.78 is 0. The van der Waals surface area contributed by atoms with Crippen molar-refractivity contribution in [2.45, 2.75) is 96.4 Å². The monoisotopic (exact) mass is 282 g/mol. The van der Waals surface area contributed by atoms with E-state index in [0.29, 0.717) is 0 Å². The Balaban J connectivity index is 1.83. The van der Waals surface area contributed by atoms with E-state index in [2.05, 4.69) is 11.8 Å². The normalized spacial score (nSPS) is 15.2. The lowest BCUT2D eigenvalue weighted by Crippen LogP contribution is -2.29. The molecule has 0 aromatic rings. The van der Waals surface area contributed by atoms with Crippen LogP contribution < -0.4 is 5.73 Å². The minimum Gasteiger partial charge on any atom is -0.330 e. The Hall–Kier alpha value is -0.0800. The largest absolute Gasteiger partial charge is 0.330 e. The molecule has 0 spiro atoms. The third-order valence-corrected chi connectivity index (χ3v) is 4.51. The van der Waals surface area contributed by atoms with Crippen LogP contribution in [-0.2, 0) is 0 Å². The van der Waals surface area contributed by atoms with Crippen molar-refractivity contribution in [1.29, 1.82) is 0 Å². The van der Waals surface area contributed by atoms with Gasteiger partial charge in [0, 0.05) is 6.04 Å². The maximum absolute atomic E-state index is 5.62. The van der Waals surface area contributed by atoms with E-state index in [4.69, 9.17) is 5.73 Å². The highest BCUT2D eigenvalue weighted by Gasteiger charge is 2.27. The van der Waals surface area contributed by atoms with Crippen molar-refractivity contribution in [2.75, 3.05) is 19.6 Å². The topological polar surface area (TPSA) is 29.3 Å². The highest BCUT2D eigenvalue weighted by atomic mass is 15.2. The number of nitrogens with two attached hydrogens (primary N) is 1. The standard InChI is InChI=1S/C18H38N2/c1-2-3-4-5-6-7-8-9-10-11-16-20(17-12-15-19)18-13-14-18/h18H,2-17,19H2,1H3. The summed E-state index contributed by atoms with van der Waals surface area (Å²) in [7, 11) is 0. The van der Waals surface area contributed by atoms with Crippen molar-refractivity contribution in [2.24, 2.45) is 5.73 Å². The fraction of sp³-hybridized carbons (Fsp3) is 1.00. The summed E-state index contributed by atoms with van der Waals surface area (Å²) in [6.45, 7) is 5.69. The van der Waals surface area contributed by atoms with Crippen LogP contribution in [0.1, 0.15) is 90.4 Å². The van der Waals surface area contributed by atoms with Crippen LogP contribution in [0, 0.1) is 0 Å². The first kappa shape index (κ1) is 18.0. The first-order valence-corrected chi connectivity index (χ1v) is 9.32. The van der Waals surface area contributed by atoms with Crippen LogP contribution in [0.25, 0.3) is 0 Å². The lowest BCUT2D eigenvalue weighted by atomic mass is 10.1. The molecule has 1 aliphatic rings. The van der Waals surface area contributed by atoms with Gasteiger partial charge >= 0.3 is 0 Å². The van der Waals surface area contributed by atoms with Gasteiger partial charge in [0.1, 0.15) is 0 Å². The number of unbranched alkanes of at least 4 members (excludes halogenated alkanes) is 9. The first-order valence-electron chi connectivity index (χ1n) is 9.32. The minimum absolute atomic E-state index is 0.848. The molecule has 1 saturated carbocycles. The maximum Gasteiger partial charge on any atom is 0.00964 e. The van der Waals surface area contributed by atoms with Crippen molar-refractivity contribution in [3.8, 4) is 0 Å². The van der Waals surface area contributed by atoms with Crippen molar-refractivity contribution >= 4 is 0 Å². The van der Waals surface area contributed by atoms with Gasteiger partial charge in [-0.25, -0.2) is 0 Å². The van der Waals surface area contributed by atoms with E-state index in [1.807, 2.05) is 0 Å². The SMILES string of the molecule is CCCCCCCCCCCCN(CCCN)C1CC1. The Morgan fingerprint density at radius 2 is 1.25 bits per heavy atom. The summed E-state index contributed by atoms with van der Waals surface area (Å²) in [5.41, 5.74) is 5.62. The van der Waals surface area contributed by atoms with Gasteiger partial charge in [0.15, 0.2) is 0 Å². The second-order valence-electron chi connectivity index (χ2n) is 6.59. The second-order valence-corrected chi connectivity index (χ2v) is 6.59. The third kappa shape index (κ3) is 9.77. The van der Waals surface area contributed by atoms with Crippen LogP contribution in [0.5, 0.6) is 0 Å². The molecule has 20 heavy (non-hydrogen) atoms. The number of hydrogen-bond donors (Lipinski definition) is 1. The zero-order valence-corrected chi connectivity index (χ0v) is 13.9. The fourth-order valence-electron chi connectivity index (χ4n) is 3.01. The molecule has 0 saturated heterocycles. The molecule has 0 unspecified atom stereocenters. The van der Waals surface area contributed by atoms with Gasteiger partial charge in [-0.2, -0.15) is 0 Å². The van der Waals surface area contributed by atoms with Crippen molar-refractivity contribution in [3.63, 3.8) is 0 Å². The van der Waals surface area contributed by atoms with Crippen molar-refractivity contribution in [3.05, 3.63) is 0 Å². The molecule has 1 rings (SSSR count). The molecule has 0 bridgehead atoms. The quantitative estimate of drug-likeness (QED) is 0.440. The van der Waals surface area contributed by atoms with E-state index in [0.717, 1.165) is 12.6 Å². The summed E-state index contributed by atoms with van der Waals surface area (Å²) >= 11 is 0. The van der Waals surface area contributed by atoms with E-state index in [9.17, 15) is 0 Å². The van der Waals surface area contributed by atoms with Crippen molar-refractivity contribution < 1.29 is 0 Å². The van der Waals surface area contributed by atoms with Crippen LogP contribution in [-0.4, -0.2) is 30.6 Å². The summed E-state index contributed by atoms with van der Waals surface area (Å²) in [5.74, 6) is 0.